The third-order valence-corrected chi connectivity index (χ3v) is 5.51. The molecule has 0 spiro atoms. The fourth-order valence-electron chi connectivity index (χ4n) is 4.02. The standard InChI is InChI=1S/C23H20N4O3/c1-28-15-7-4-14(5-8-15)19-20-17-11-16(29-2)9-3-13(17)6-10-18(20)30-23-21(19)22(24)27(25)12-26-23/h3-12,19,24H,25H2,1-2H3. The van der Waals surface area contributed by atoms with Crippen molar-refractivity contribution in [3.05, 3.63) is 83.1 Å². The van der Waals surface area contributed by atoms with Crippen molar-refractivity contribution in [3.8, 4) is 23.1 Å². The molecular weight excluding hydrogens is 380 g/mol. The molecule has 0 bridgehead atoms. The van der Waals surface area contributed by atoms with E-state index in [1.54, 1.807) is 14.2 Å². The predicted octanol–water partition coefficient (Wildman–Crippen LogP) is 3.53. The van der Waals surface area contributed by atoms with Crippen molar-refractivity contribution in [1.29, 1.82) is 5.41 Å². The Bertz CT molecular complexity index is 1330. The zero-order chi connectivity index (χ0) is 20.8. The quantitative estimate of drug-likeness (QED) is 0.452. The fraction of sp³-hybridized carbons (Fsp3) is 0.130. The van der Waals surface area contributed by atoms with Crippen molar-refractivity contribution < 1.29 is 14.2 Å². The SMILES string of the molecule is COc1ccc(C2c3c(ncn(N)c3=N)Oc3ccc4ccc(OC)cc4c32)cc1. The highest BCUT2D eigenvalue weighted by molar-refractivity contribution is 5.91. The van der Waals surface area contributed by atoms with E-state index in [1.807, 2.05) is 54.6 Å². The number of ether oxygens (including phenoxy) is 3. The zero-order valence-electron chi connectivity index (χ0n) is 16.5. The number of nitrogens with zero attached hydrogens (tertiary/aromatic N) is 2. The van der Waals surface area contributed by atoms with Crippen LogP contribution in [-0.2, 0) is 0 Å². The van der Waals surface area contributed by atoms with Gasteiger partial charge in [0.15, 0.2) is 5.49 Å². The number of nitrogens with one attached hydrogen (secondary N) is 1. The lowest BCUT2D eigenvalue weighted by molar-refractivity contribution is 0.414. The van der Waals surface area contributed by atoms with Crippen LogP contribution in [-0.4, -0.2) is 23.9 Å². The molecule has 7 heteroatoms. The molecule has 1 unspecified atom stereocenters. The van der Waals surface area contributed by atoms with Gasteiger partial charge in [0.25, 0.3) is 0 Å². The largest absolute Gasteiger partial charge is 0.497 e. The van der Waals surface area contributed by atoms with Crippen LogP contribution in [0.2, 0.25) is 0 Å². The monoisotopic (exact) mass is 400 g/mol. The maximum Gasteiger partial charge on any atom is 0.228 e. The lowest BCUT2D eigenvalue weighted by Crippen LogP contribution is -2.33. The van der Waals surface area contributed by atoms with E-state index in [4.69, 9.17) is 25.5 Å². The number of aromatic nitrogens is 2. The van der Waals surface area contributed by atoms with Crippen LogP contribution in [0, 0.1) is 5.41 Å². The average Bonchev–Trinajstić information content (AvgIpc) is 2.79. The van der Waals surface area contributed by atoms with Gasteiger partial charge in [0.1, 0.15) is 23.6 Å². The fourth-order valence-corrected chi connectivity index (χ4v) is 4.02. The summed E-state index contributed by atoms with van der Waals surface area (Å²) >= 11 is 0. The number of methoxy groups -OCH3 is 2. The molecule has 7 nitrogen and oxygen atoms in total. The predicted molar refractivity (Wildman–Crippen MR) is 113 cm³/mol. The smallest absolute Gasteiger partial charge is 0.228 e. The molecule has 0 saturated carbocycles. The van der Waals surface area contributed by atoms with E-state index in [-0.39, 0.29) is 11.4 Å². The summed E-state index contributed by atoms with van der Waals surface area (Å²) in [4.78, 5) is 4.35. The highest BCUT2D eigenvalue weighted by Crippen LogP contribution is 2.48. The van der Waals surface area contributed by atoms with E-state index in [1.165, 1.54) is 11.0 Å². The molecule has 3 aromatic carbocycles. The molecule has 5 rings (SSSR count). The van der Waals surface area contributed by atoms with Crippen LogP contribution in [0.15, 0.2) is 60.9 Å². The number of hydrogen-bond acceptors (Lipinski definition) is 6. The van der Waals surface area contributed by atoms with Gasteiger partial charge in [-0.15, -0.1) is 0 Å². The molecule has 1 aliphatic heterocycles. The molecule has 150 valence electrons. The van der Waals surface area contributed by atoms with Gasteiger partial charge in [-0.05, 0) is 46.7 Å². The molecule has 0 radical (unpaired) electrons. The Morgan fingerprint density at radius 3 is 2.40 bits per heavy atom. The van der Waals surface area contributed by atoms with Crippen molar-refractivity contribution >= 4 is 10.8 Å². The number of fused-ring (bicyclic) bond motifs is 4. The van der Waals surface area contributed by atoms with Crippen LogP contribution in [0.4, 0.5) is 0 Å². The van der Waals surface area contributed by atoms with Crippen LogP contribution in [0.5, 0.6) is 23.1 Å². The van der Waals surface area contributed by atoms with Gasteiger partial charge in [0.05, 0.1) is 19.8 Å². The number of nitrogen functional groups attached to an aromatic ring is 1. The highest BCUT2D eigenvalue weighted by atomic mass is 16.5. The number of rotatable bonds is 3. The Labute approximate surface area is 172 Å². The Kier molecular flexibility index (Phi) is 4.10. The molecule has 4 aromatic rings. The first-order valence-electron chi connectivity index (χ1n) is 9.44. The van der Waals surface area contributed by atoms with Gasteiger partial charge in [-0.3, -0.25) is 5.41 Å². The first-order valence-corrected chi connectivity index (χ1v) is 9.44. The summed E-state index contributed by atoms with van der Waals surface area (Å²) in [7, 11) is 3.28. The Morgan fingerprint density at radius 2 is 1.67 bits per heavy atom. The topological polar surface area (TPSA) is 95.4 Å². The van der Waals surface area contributed by atoms with E-state index in [9.17, 15) is 0 Å². The minimum atomic E-state index is -0.290. The Balaban J connectivity index is 1.86. The normalized spacial score (nSPS) is 14.5. The van der Waals surface area contributed by atoms with Crippen molar-refractivity contribution in [2.75, 3.05) is 20.1 Å². The van der Waals surface area contributed by atoms with E-state index in [2.05, 4.69) is 4.98 Å². The van der Waals surface area contributed by atoms with Gasteiger partial charge in [-0.1, -0.05) is 24.3 Å². The van der Waals surface area contributed by atoms with Crippen molar-refractivity contribution in [2.24, 2.45) is 0 Å². The first-order chi connectivity index (χ1) is 14.6. The highest BCUT2D eigenvalue weighted by Gasteiger charge is 2.33. The van der Waals surface area contributed by atoms with Crippen molar-refractivity contribution in [2.45, 2.75) is 5.92 Å². The van der Waals surface area contributed by atoms with Crippen LogP contribution in [0.25, 0.3) is 10.8 Å². The Morgan fingerprint density at radius 1 is 0.967 bits per heavy atom. The molecule has 2 heterocycles. The lowest BCUT2D eigenvalue weighted by atomic mass is 9.81. The van der Waals surface area contributed by atoms with Gasteiger partial charge in [-0.25, -0.2) is 9.66 Å². The lowest BCUT2D eigenvalue weighted by Gasteiger charge is -2.29. The van der Waals surface area contributed by atoms with Crippen LogP contribution >= 0.6 is 0 Å². The van der Waals surface area contributed by atoms with Crippen molar-refractivity contribution in [1.82, 2.24) is 9.66 Å². The molecule has 30 heavy (non-hydrogen) atoms. The summed E-state index contributed by atoms with van der Waals surface area (Å²) in [6, 6.07) is 17.7. The van der Waals surface area contributed by atoms with Gasteiger partial charge < -0.3 is 20.1 Å². The van der Waals surface area contributed by atoms with Crippen LogP contribution in [0.3, 0.4) is 0 Å². The van der Waals surface area contributed by atoms with E-state index in [0.29, 0.717) is 17.2 Å². The molecule has 0 fully saturated rings. The minimum Gasteiger partial charge on any atom is -0.497 e. The minimum absolute atomic E-state index is 0.145. The van der Waals surface area contributed by atoms with Gasteiger partial charge >= 0.3 is 0 Å². The van der Waals surface area contributed by atoms with E-state index >= 15 is 0 Å². The van der Waals surface area contributed by atoms with E-state index < -0.39 is 0 Å². The number of nitrogens with two attached hydrogens (primary N) is 1. The van der Waals surface area contributed by atoms with Gasteiger partial charge in [-0.2, -0.15) is 0 Å². The maximum absolute atomic E-state index is 8.63. The summed E-state index contributed by atoms with van der Waals surface area (Å²) in [6.45, 7) is 0. The molecule has 0 aliphatic carbocycles. The third kappa shape index (κ3) is 2.67. The van der Waals surface area contributed by atoms with Crippen molar-refractivity contribution in [3.63, 3.8) is 0 Å². The molecule has 1 atom stereocenters. The summed E-state index contributed by atoms with van der Waals surface area (Å²) in [6.07, 6.45) is 1.39. The average molecular weight is 400 g/mol. The van der Waals surface area contributed by atoms with Gasteiger partial charge in [0, 0.05) is 11.5 Å². The van der Waals surface area contributed by atoms with Gasteiger partial charge in [0.2, 0.25) is 5.88 Å². The van der Waals surface area contributed by atoms with Crippen LogP contribution in [0.1, 0.15) is 22.6 Å². The summed E-state index contributed by atoms with van der Waals surface area (Å²) in [5.41, 5.74) is 2.70. The number of hydrogen-bond donors (Lipinski definition) is 2. The first kappa shape index (κ1) is 18.1. The third-order valence-electron chi connectivity index (χ3n) is 5.51. The molecule has 0 saturated heterocycles. The molecule has 0 amide bonds. The second kappa shape index (κ2) is 6.81. The van der Waals surface area contributed by atoms with Crippen LogP contribution < -0.4 is 25.5 Å². The summed E-state index contributed by atoms with van der Waals surface area (Å²) < 4.78 is 18.1. The summed E-state index contributed by atoms with van der Waals surface area (Å²) in [5, 5.41) is 10.7. The molecular formula is C23H20N4O3. The Hall–Kier alpha value is -4.00. The molecule has 1 aromatic heterocycles. The molecule has 3 N–H and O–H groups in total. The second-order valence-electron chi connectivity index (χ2n) is 7.09. The zero-order valence-corrected chi connectivity index (χ0v) is 16.5. The van der Waals surface area contributed by atoms with E-state index in [0.717, 1.165) is 33.4 Å². The molecule has 1 aliphatic rings. The summed E-state index contributed by atoms with van der Waals surface area (Å²) in [5.74, 6) is 8.29. The second-order valence-corrected chi connectivity index (χ2v) is 7.09. The number of benzene rings is 3. The maximum atomic E-state index is 8.63.